The number of aliphatic carboxylic acids is 1. The molecule has 2 saturated carbocycles. The van der Waals surface area contributed by atoms with Crippen LogP contribution in [0.4, 0.5) is 5.82 Å². The summed E-state index contributed by atoms with van der Waals surface area (Å²) in [6, 6.07) is 3.19. The Hall–Kier alpha value is -2.11. The zero-order chi connectivity index (χ0) is 15.1. The molecule has 4 N–H and O–H groups in total. The lowest BCUT2D eigenvalue weighted by Crippen LogP contribution is -2.40. The number of primary amides is 1. The first-order valence-electron chi connectivity index (χ1n) is 7.24. The van der Waals surface area contributed by atoms with Crippen LogP contribution >= 0.6 is 0 Å². The topological polar surface area (TPSA) is 105 Å². The van der Waals surface area contributed by atoms with Crippen molar-refractivity contribution in [3.63, 3.8) is 0 Å². The van der Waals surface area contributed by atoms with Crippen molar-refractivity contribution in [2.45, 2.75) is 32.2 Å². The Morgan fingerprint density at radius 2 is 2.05 bits per heavy atom. The molecule has 0 aromatic carbocycles. The molecule has 2 aliphatic rings. The summed E-state index contributed by atoms with van der Waals surface area (Å²) in [5, 5.41) is 12.7. The molecule has 4 unspecified atom stereocenters. The summed E-state index contributed by atoms with van der Waals surface area (Å²) >= 11 is 0. The molecule has 21 heavy (non-hydrogen) atoms. The fourth-order valence-electron chi connectivity index (χ4n) is 3.88. The van der Waals surface area contributed by atoms with Gasteiger partial charge in [-0.2, -0.15) is 0 Å². The van der Waals surface area contributed by atoms with Crippen LogP contribution in [0.2, 0.25) is 0 Å². The van der Waals surface area contributed by atoms with E-state index in [-0.39, 0.29) is 12.0 Å². The Morgan fingerprint density at radius 3 is 2.71 bits per heavy atom. The maximum atomic E-state index is 11.5. The van der Waals surface area contributed by atoms with Crippen molar-refractivity contribution in [3.05, 3.63) is 23.4 Å². The number of nitrogens with zero attached hydrogens (tertiary/aromatic N) is 1. The number of nitrogens with two attached hydrogens (primary N) is 1. The number of pyridine rings is 1. The molecule has 6 nitrogen and oxygen atoms in total. The van der Waals surface area contributed by atoms with Gasteiger partial charge in [-0.25, -0.2) is 4.98 Å². The number of hydrogen-bond donors (Lipinski definition) is 3. The fraction of sp³-hybridized carbons (Fsp3) is 0.533. The zero-order valence-electron chi connectivity index (χ0n) is 11.9. The van der Waals surface area contributed by atoms with Crippen LogP contribution in [0.25, 0.3) is 0 Å². The number of aromatic nitrogens is 1. The molecule has 3 rings (SSSR count). The lowest BCUT2D eigenvalue weighted by molar-refractivity contribution is -0.143. The van der Waals surface area contributed by atoms with E-state index in [1.54, 1.807) is 12.1 Å². The second kappa shape index (κ2) is 5.02. The number of carboxylic acids is 1. The van der Waals surface area contributed by atoms with Crippen molar-refractivity contribution in [2.24, 2.45) is 23.5 Å². The molecule has 1 heterocycles. The Bertz CT molecular complexity index is 602. The summed E-state index contributed by atoms with van der Waals surface area (Å²) in [6.45, 7) is 1.82. The van der Waals surface area contributed by atoms with Crippen LogP contribution in [-0.4, -0.2) is 28.0 Å². The number of aryl methyl sites for hydroxylation is 1. The second-order valence-electron chi connectivity index (χ2n) is 6.08. The molecule has 0 radical (unpaired) electrons. The normalized spacial score (nSPS) is 30.3. The number of rotatable bonds is 4. The SMILES string of the molecule is Cc1ccc(C(N)=O)c(NC2C3CCC(C3)C2C(=O)O)n1. The monoisotopic (exact) mass is 289 g/mol. The predicted molar refractivity (Wildman–Crippen MR) is 76.9 cm³/mol. The summed E-state index contributed by atoms with van der Waals surface area (Å²) in [4.78, 5) is 27.4. The number of hydrogen-bond acceptors (Lipinski definition) is 4. The van der Waals surface area contributed by atoms with E-state index in [0.29, 0.717) is 17.3 Å². The van der Waals surface area contributed by atoms with Crippen LogP contribution in [0, 0.1) is 24.7 Å². The van der Waals surface area contributed by atoms with Crippen LogP contribution in [0.5, 0.6) is 0 Å². The van der Waals surface area contributed by atoms with Crippen LogP contribution < -0.4 is 11.1 Å². The van der Waals surface area contributed by atoms with E-state index >= 15 is 0 Å². The zero-order valence-corrected chi connectivity index (χ0v) is 11.9. The highest BCUT2D eigenvalue weighted by Crippen LogP contribution is 2.49. The molecule has 0 aliphatic heterocycles. The highest BCUT2D eigenvalue weighted by Gasteiger charge is 2.51. The van der Waals surface area contributed by atoms with Crippen molar-refractivity contribution in [1.82, 2.24) is 4.98 Å². The highest BCUT2D eigenvalue weighted by atomic mass is 16.4. The summed E-state index contributed by atoms with van der Waals surface area (Å²) in [5.41, 5.74) is 6.45. The van der Waals surface area contributed by atoms with Crippen molar-refractivity contribution in [2.75, 3.05) is 5.32 Å². The molecule has 0 spiro atoms. The molecule has 2 aliphatic carbocycles. The first-order valence-corrected chi connectivity index (χ1v) is 7.24. The summed E-state index contributed by atoms with van der Waals surface area (Å²) < 4.78 is 0. The predicted octanol–water partition coefficient (Wildman–Crippen LogP) is 1.40. The van der Waals surface area contributed by atoms with Gasteiger partial charge in [0.1, 0.15) is 5.82 Å². The summed E-state index contributed by atoms with van der Waals surface area (Å²) in [6.07, 6.45) is 2.94. The molecule has 1 aromatic rings. The lowest BCUT2D eigenvalue weighted by Gasteiger charge is -2.29. The lowest BCUT2D eigenvalue weighted by atomic mass is 9.84. The Morgan fingerprint density at radius 1 is 1.33 bits per heavy atom. The van der Waals surface area contributed by atoms with Crippen molar-refractivity contribution < 1.29 is 14.7 Å². The van der Waals surface area contributed by atoms with E-state index in [2.05, 4.69) is 10.3 Å². The summed E-state index contributed by atoms with van der Waals surface area (Å²) in [5.74, 6) is -0.767. The molecule has 2 fully saturated rings. The first kappa shape index (κ1) is 13.9. The van der Waals surface area contributed by atoms with Gasteiger partial charge < -0.3 is 16.2 Å². The molecule has 2 bridgehead atoms. The van der Waals surface area contributed by atoms with Gasteiger partial charge in [-0.05, 0) is 50.2 Å². The van der Waals surface area contributed by atoms with E-state index in [1.807, 2.05) is 6.92 Å². The molecule has 4 atom stereocenters. The van der Waals surface area contributed by atoms with Crippen LogP contribution in [-0.2, 0) is 4.79 Å². The third-order valence-electron chi connectivity index (χ3n) is 4.80. The minimum absolute atomic E-state index is 0.173. The number of anilines is 1. The van der Waals surface area contributed by atoms with Gasteiger partial charge >= 0.3 is 5.97 Å². The molecule has 0 saturated heterocycles. The van der Waals surface area contributed by atoms with E-state index in [4.69, 9.17) is 5.73 Å². The molecule has 6 heteroatoms. The van der Waals surface area contributed by atoms with Gasteiger partial charge in [-0.3, -0.25) is 9.59 Å². The Labute approximate surface area is 122 Å². The first-order chi connectivity index (χ1) is 9.97. The van der Waals surface area contributed by atoms with Gasteiger partial charge in [-0.15, -0.1) is 0 Å². The third-order valence-corrected chi connectivity index (χ3v) is 4.80. The van der Waals surface area contributed by atoms with E-state index in [0.717, 1.165) is 25.0 Å². The van der Waals surface area contributed by atoms with Crippen LogP contribution in [0.1, 0.15) is 35.3 Å². The van der Waals surface area contributed by atoms with Crippen LogP contribution in [0.15, 0.2) is 12.1 Å². The molecule has 1 amide bonds. The quantitative estimate of drug-likeness (QED) is 0.777. The van der Waals surface area contributed by atoms with Gasteiger partial charge in [0, 0.05) is 11.7 Å². The maximum Gasteiger partial charge on any atom is 0.308 e. The number of amides is 1. The van der Waals surface area contributed by atoms with Crippen molar-refractivity contribution in [1.29, 1.82) is 0 Å². The summed E-state index contributed by atoms with van der Waals surface area (Å²) in [7, 11) is 0. The van der Waals surface area contributed by atoms with E-state index in [9.17, 15) is 14.7 Å². The third kappa shape index (κ3) is 2.34. The Balaban J connectivity index is 1.91. The van der Waals surface area contributed by atoms with Gasteiger partial charge in [0.25, 0.3) is 5.91 Å². The average Bonchev–Trinajstić information content (AvgIpc) is 2.98. The van der Waals surface area contributed by atoms with Crippen LogP contribution in [0.3, 0.4) is 0 Å². The number of nitrogens with one attached hydrogen (secondary N) is 1. The number of carboxylic acid groups (broad SMARTS) is 1. The molecular weight excluding hydrogens is 270 g/mol. The standard InChI is InChI=1S/C15H19N3O3/c1-7-2-5-10(13(16)19)14(17-7)18-12-9-4-3-8(6-9)11(12)15(20)21/h2,5,8-9,11-12H,3-4,6H2,1H3,(H2,16,19)(H,17,18)(H,20,21). The number of fused-ring (bicyclic) bond motifs is 2. The highest BCUT2D eigenvalue weighted by molar-refractivity contribution is 5.97. The maximum absolute atomic E-state index is 11.5. The van der Waals surface area contributed by atoms with E-state index in [1.165, 1.54) is 0 Å². The van der Waals surface area contributed by atoms with Gasteiger partial charge in [0.15, 0.2) is 0 Å². The number of carbonyl (C=O) groups is 2. The van der Waals surface area contributed by atoms with Crippen molar-refractivity contribution >= 4 is 17.7 Å². The van der Waals surface area contributed by atoms with Gasteiger partial charge in [0.05, 0.1) is 11.5 Å². The second-order valence-corrected chi connectivity index (χ2v) is 6.08. The smallest absolute Gasteiger partial charge is 0.308 e. The molecule has 1 aromatic heterocycles. The van der Waals surface area contributed by atoms with Crippen molar-refractivity contribution in [3.8, 4) is 0 Å². The molecule has 112 valence electrons. The minimum Gasteiger partial charge on any atom is -0.481 e. The molecular formula is C15H19N3O3. The number of carbonyl (C=O) groups excluding carboxylic acids is 1. The van der Waals surface area contributed by atoms with E-state index < -0.39 is 17.8 Å². The fourth-order valence-corrected chi connectivity index (χ4v) is 3.88. The van der Waals surface area contributed by atoms with Gasteiger partial charge in [0.2, 0.25) is 0 Å². The average molecular weight is 289 g/mol. The largest absolute Gasteiger partial charge is 0.481 e. The minimum atomic E-state index is -0.770. The van der Waals surface area contributed by atoms with Gasteiger partial charge in [-0.1, -0.05) is 0 Å². The Kier molecular flexibility index (Phi) is 3.31.